The quantitative estimate of drug-likeness (QED) is 0.776. The first kappa shape index (κ1) is 15.6. The summed E-state index contributed by atoms with van der Waals surface area (Å²) in [5.74, 6) is 0.755. The number of benzene rings is 1. The highest BCUT2D eigenvalue weighted by molar-refractivity contribution is 6.30. The molecule has 1 aromatic rings. The molecular formula is C18H26ClN. The van der Waals surface area contributed by atoms with E-state index < -0.39 is 0 Å². The molecule has 0 bridgehead atoms. The Morgan fingerprint density at radius 2 is 1.85 bits per heavy atom. The molecule has 1 aliphatic rings. The summed E-state index contributed by atoms with van der Waals surface area (Å²) in [6, 6.07) is 8.71. The molecule has 1 aromatic carbocycles. The molecule has 1 aliphatic carbocycles. The van der Waals surface area contributed by atoms with E-state index in [1.165, 1.54) is 37.7 Å². The third kappa shape index (κ3) is 4.96. The zero-order chi connectivity index (χ0) is 14.4. The van der Waals surface area contributed by atoms with Crippen LogP contribution in [0.4, 0.5) is 0 Å². The van der Waals surface area contributed by atoms with Crippen LogP contribution in [0.2, 0.25) is 5.02 Å². The number of halogens is 1. The molecule has 0 saturated heterocycles. The van der Waals surface area contributed by atoms with Crippen LogP contribution in [0.3, 0.4) is 0 Å². The fraction of sp³-hybridized carbons (Fsp3) is 0.556. The van der Waals surface area contributed by atoms with E-state index in [1.54, 1.807) is 5.57 Å². The van der Waals surface area contributed by atoms with Crippen LogP contribution in [0.25, 0.3) is 6.08 Å². The Labute approximate surface area is 128 Å². The average molecular weight is 292 g/mol. The van der Waals surface area contributed by atoms with Crippen molar-refractivity contribution in [3.63, 3.8) is 0 Å². The molecule has 0 aromatic heterocycles. The maximum atomic E-state index is 5.97. The Balaban J connectivity index is 2.13. The summed E-state index contributed by atoms with van der Waals surface area (Å²) in [5.41, 5.74) is 2.82. The Bertz CT molecular complexity index is 427. The zero-order valence-electron chi connectivity index (χ0n) is 12.7. The van der Waals surface area contributed by atoms with Crippen molar-refractivity contribution >= 4 is 17.7 Å². The summed E-state index contributed by atoms with van der Waals surface area (Å²) < 4.78 is 0. The largest absolute Gasteiger partial charge is 0.311 e. The number of nitrogens with one attached hydrogen (secondary N) is 1. The molecule has 0 unspecified atom stereocenters. The second-order valence-corrected chi connectivity index (χ2v) is 6.58. The Morgan fingerprint density at radius 1 is 1.20 bits per heavy atom. The van der Waals surface area contributed by atoms with Crippen molar-refractivity contribution in [3.8, 4) is 0 Å². The molecule has 0 atom stereocenters. The third-order valence-corrected chi connectivity index (χ3v) is 4.32. The molecular weight excluding hydrogens is 266 g/mol. The van der Waals surface area contributed by atoms with Gasteiger partial charge in [-0.2, -0.15) is 0 Å². The van der Waals surface area contributed by atoms with Gasteiger partial charge in [0.1, 0.15) is 0 Å². The summed E-state index contributed by atoms with van der Waals surface area (Å²) in [5, 5.41) is 4.39. The summed E-state index contributed by atoms with van der Waals surface area (Å²) >= 11 is 5.97. The second-order valence-electron chi connectivity index (χ2n) is 6.14. The van der Waals surface area contributed by atoms with Crippen LogP contribution in [0, 0.1) is 5.92 Å². The maximum Gasteiger partial charge on any atom is 0.0406 e. The molecule has 0 amide bonds. The molecule has 1 saturated carbocycles. The summed E-state index contributed by atoms with van der Waals surface area (Å²) in [7, 11) is 0. The minimum Gasteiger partial charge on any atom is -0.311 e. The van der Waals surface area contributed by atoms with Crippen molar-refractivity contribution in [2.45, 2.75) is 52.0 Å². The topological polar surface area (TPSA) is 12.0 Å². The van der Waals surface area contributed by atoms with Gasteiger partial charge in [-0.25, -0.2) is 0 Å². The van der Waals surface area contributed by atoms with Gasteiger partial charge in [0.05, 0.1) is 0 Å². The second kappa shape index (κ2) is 7.85. The van der Waals surface area contributed by atoms with Crippen molar-refractivity contribution in [2.75, 3.05) is 6.54 Å². The predicted octanol–water partition coefficient (Wildman–Crippen LogP) is 5.30. The Morgan fingerprint density at radius 3 is 2.45 bits per heavy atom. The van der Waals surface area contributed by atoms with E-state index in [2.05, 4.69) is 37.4 Å². The van der Waals surface area contributed by atoms with Crippen LogP contribution < -0.4 is 5.32 Å². The van der Waals surface area contributed by atoms with Crippen LogP contribution >= 0.6 is 11.6 Å². The van der Waals surface area contributed by atoms with Gasteiger partial charge < -0.3 is 5.32 Å². The van der Waals surface area contributed by atoms with Gasteiger partial charge in [0.25, 0.3) is 0 Å². The third-order valence-electron chi connectivity index (χ3n) is 4.07. The van der Waals surface area contributed by atoms with Crippen molar-refractivity contribution in [1.29, 1.82) is 0 Å². The summed E-state index contributed by atoms with van der Waals surface area (Å²) in [6.07, 6.45) is 9.22. The van der Waals surface area contributed by atoms with Gasteiger partial charge in [0.2, 0.25) is 0 Å². The minimum absolute atomic E-state index is 0.534. The highest BCUT2D eigenvalue weighted by atomic mass is 35.5. The van der Waals surface area contributed by atoms with E-state index in [4.69, 9.17) is 11.6 Å². The van der Waals surface area contributed by atoms with Gasteiger partial charge in [-0.15, -0.1) is 0 Å². The van der Waals surface area contributed by atoms with Crippen LogP contribution in [0.5, 0.6) is 0 Å². The Kier molecular flexibility index (Phi) is 6.12. The molecule has 1 nitrogen and oxygen atoms in total. The Hall–Kier alpha value is -0.790. The lowest BCUT2D eigenvalue weighted by atomic mass is 9.83. The fourth-order valence-corrected chi connectivity index (χ4v) is 3.01. The standard InChI is InChI=1S/C18H26ClN/c1-14(2)20-13-17(16-6-4-3-5-7-16)12-15-8-10-18(19)11-9-15/h8-12,14,16,20H,3-7,13H2,1-2H3/b17-12-. The molecule has 0 spiro atoms. The van der Waals surface area contributed by atoms with Gasteiger partial charge in [0.15, 0.2) is 0 Å². The summed E-state index contributed by atoms with van der Waals surface area (Å²) in [4.78, 5) is 0. The molecule has 2 rings (SSSR count). The lowest BCUT2D eigenvalue weighted by molar-refractivity contribution is 0.394. The molecule has 2 heteroatoms. The van der Waals surface area contributed by atoms with Crippen molar-refractivity contribution < 1.29 is 0 Å². The zero-order valence-corrected chi connectivity index (χ0v) is 13.4. The first-order chi connectivity index (χ1) is 9.65. The van der Waals surface area contributed by atoms with E-state index in [0.717, 1.165) is 17.5 Å². The highest BCUT2D eigenvalue weighted by Gasteiger charge is 2.17. The van der Waals surface area contributed by atoms with E-state index in [-0.39, 0.29) is 0 Å². The van der Waals surface area contributed by atoms with Crippen molar-refractivity contribution in [2.24, 2.45) is 5.92 Å². The van der Waals surface area contributed by atoms with Gasteiger partial charge in [0, 0.05) is 17.6 Å². The molecule has 0 radical (unpaired) electrons. The first-order valence-electron chi connectivity index (χ1n) is 7.84. The molecule has 1 N–H and O–H groups in total. The molecule has 1 fully saturated rings. The summed E-state index contributed by atoms with van der Waals surface area (Å²) in [6.45, 7) is 5.42. The SMILES string of the molecule is CC(C)NC/C(=C/c1ccc(Cl)cc1)C1CCCCC1. The van der Waals surface area contributed by atoms with Crippen LogP contribution in [-0.4, -0.2) is 12.6 Å². The van der Waals surface area contributed by atoms with E-state index in [1.807, 2.05) is 12.1 Å². The molecule has 0 heterocycles. The average Bonchev–Trinajstić information content (AvgIpc) is 2.46. The smallest absolute Gasteiger partial charge is 0.0406 e. The van der Waals surface area contributed by atoms with Gasteiger partial charge >= 0.3 is 0 Å². The maximum absolute atomic E-state index is 5.97. The van der Waals surface area contributed by atoms with E-state index in [0.29, 0.717) is 6.04 Å². The highest BCUT2D eigenvalue weighted by Crippen LogP contribution is 2.30. The van der Waals surface area contributed by atoms with Crippen molar-refractivity contribution in [1.82, 2.24) is 5.32 Å². The monoisotopic (exact) mass is 291 g/mol. The van der Waals surface area contributed by atoms with Gasteiger partial charge in [-0.3, -0.25) is 0 Å². The molecule has 0 aliphatic heterocycles. The molecule has 110 valence electrons. The number of rotatable bonds is 5. The predicted molar refractivity (Wildman–Crippen MR) is 89.1 cm³/mol. The van der Waals surface area contributed by atoms with Crippen LogP contribution in [-0.2, 0) is 0 Å². The van der Waals surface area contributed by atoms with Gasteiger partial charge in [-0.05, 0) is 36.5 Å². The lowest BCUT2D eigenvalue weighted by Crippen LogP contribution is -2.27. The normalized spacial score (nSPS) is 17.7. The van der Waals surface area contributed by atoms with Crippen LogP contribution in [0.1, 0.15) is 51.5 Å². The van der Waals surface area contributed by atoms with Gasteiger partial charge in [-0.1, -0.05) is 68.5 Å². The van der Waals surface area contributed by atoms with E-state index >= 15 is 0 Å². The van der Waals surface area contributed by atoms with E-state index in [9.17, 15) is 0 Å². The lowest BCUT2D eigenvalue weighted by Gasteiger charge is -2.25. The molecule has 20 heavy (non-hydrogen) atoms. The van der Waals surface area contributed by atoms with Crippen molar-refractivity contribution in [3.05, 3.63) is 40.4 Å². The number of hydrogen-bond donors (Lipinski definition) is 1. The fourth-order valence-electron chi connectivity index (χ4n) is 2.88. The first-order valence-corrected chi connectivity index (χ1v) is 8.22. The van der Waals surface area contributed by atoms with Crippen LogP contribution in [0.15, 0.2) is 29.8 Å². The minimum atomic E-state index is 0.534. The number of hydrogen-bond acceptors (Lipinski definition) is 1.